The molecule has 0 N–H and O–H groups in total. The van der Waals surface area contributed by atoms with Crippen molar-refractivity contribution in [2.45, 2.75) is 17.7 Å². The fraction of sp³-hybridized carbons (Fsp3) is 0.286. The van der Waals surface area contributed by atoms with Crippen LogP contribution in [0.2, 0.25) is 0 Å². The Morgan fingerprint density at radius 3 is 3.00 bits per heavy atom. The molecule has 88 valence electrons. The van der Waals surface area contributed by atoms with E-state index in [0.29, 0.717) is 4.83 Å². The molecule has 0 radical (unpaired) electrons. The highest BCUT2D eigenvalue weighted by Gasteiger charge is 2.15. The number of hydrogen-bond donors (Lipinski definition) is 0. The van der Waals surface area contributed by atoms with Gasteiger partial charge in [-0.1, -0.05) is 28.1 Å². The summed E-state index contributed by atoms with van der Waals surface area (Å²) in [6, 6.07) is 8.69. The van der Waals surface area contributed by atoms with E-state index in [9.17, 15) is 0 Å². The highest BCUT2D eigenvalue weighted by atomic mass is 79.9. The predicted octanol–water partition coefficient (Wildman–Crippen LogP) is 4.56. The van der Waals surface area contributed by atoms with Gasteiger partial charge in [0.05, 0.1) is 11.4 Å². The molecule has 1 aliphatic rings. The van der Waals surface area contributed by atoms with Gasteiger partial charge in [-0.3, -0.25) is 0 Å². The summed E-state index contributed by atoms with van der Waals surface area (Å²) in [5, 5.41) is 4.31. The molecule has 1 atom stereocenters. The number of hydrogen-bond acceptors (Lipinski definition) is 2. The molecule has 1 aliphatic heterocycles. The van der Waals surface area contributed by atoms with E-state index in [1.165, 1.54) is 16.7 Å². The molecular weight excluding hydrogens is 296 g/mol. The van der Waals surface area contributed by atoms with Crippen LogP contribution >= 0.6 is 27.3 Å². The van der Waals surface area contributed by atoms with Crippen LogP contribution in [0, 0.1) is 0 Å². The lowest BCUT2D eigenvalue weighted by atomic mass is 10.00. The summed E-state index contributed by atoms with van der Waals surface area (Å²) in [6.07, 6.45) is 2.26. The van der Waals surface area contributed by atoms with Gasteiger partial charge in [-0.05, 0) is 52.4 Å². The van der Waals surface area contributed by atoms with Gasteiger partial charge in [0.1, 0.15) is 5.75 Å². The molecule has 0 bridgehead atoms. The van der Waals surface area contributed by atoms with E-state index in [2.05, 4.69) is 51.0 Å². The van der Waals surface area contributed by atoms with Crippen molar-refractivity contribution in [3.05, 3.63) is 51.7 Å². The molecule has 0 spiro atoms. The maximum Gasteiger partial charge on any atom is 0.122 e. The Kier molecular flexibility index (Phi) is 3.21. The number of halogens is 1. The minimum Gasteiger partial charge on any atom is -0.493 e. The molecule has 3 rings (SSSR count). The first kappa shape index (κ1) is 11.3. The van der Waals surface area contributed by atoms with E-state index >= 15 is 0 Å². The van der Waals surface area contributed by atoms with Gasteiger partial charge in [0.15, 0.2) is 0 Å². The third-order valence-corrected chi connectivity index (χ3v) is 4.82. The Morgan fingerprint density at radius 2 is 2.18 bits per heavy atom. The highest BCUT2D eigenvalue weighted by molar-refractivity contribution is 9.09. The van der Waals surface area contributed by atoms with E-state index in [1.54, 1.807) is 11.3 Å². The molecule has 1 unspecified atom stereocenters. The molecule has 0 aliphatic carbocycles. The molecule has 0 saturated heterocycles. The van der Waals surface area contributed by atoms with Crippen molar-refractivity contribution < 1.29 is 4.74 Å². The average Bonchev–Trinajstić information content (AvgIpc) is 2.91. The average molecular weight is 309 g/mol. The number of rotatable bonds is 2. The fourth-order valence-corrected chi connectivity index (χ4v) is 3.58. The molecule has 0 saturated carbocycles. The summed E-state index contributed by atoms with van der Waals surface area (Å²) in [4.78, 5) is 0.293. The number of alkyl halides is 1. The van der Waals surface area contributed by atoms with Crippen LogP contribution in [0.1, 0.15) is 27.9 Å². The monoisotopic (exact) mass is 308 g/mol. The number of aryl methyl sites for hydroxylation is 1. The first-order valence-corrected chi connectivity index (χ1v) is 7.62. The van der Waals surface area contributed by atoms with Crippen molar-refractivity contribution in [3.63, 3.8) is 0 Å². The van der Waals surface area contributed by atoms with Gasteiger partial charge in [-0.15, -0.1) is 0 Å². The van der Waals surface area contributed by atoms with E-state index < -0.39 is 0 Å². The number of ether oxygens (including phenoxy) is 1. The molecular formula is C14H13BrOS. The summed E-state index contributed by atoms with van der Waals surface area (Å²) in [5.41, 5.74) is 3.98. The lowest BCUT2D eigenvalue weighted by Crippen LogP contribution is -2.08. The quantitative estimate of drug-likeness (QED) is 0.739. The summed E-state index contributed by atoms with van der Waals surface area (Å²) in [5.74, 6) is 1.06. The number of fused-ring (bicyclic) bond motifs is 1. The third-order valence-electron chi connectivity index (χ3n) is 3.06. The van der Waals surface area contributed by atoms with Crippen LogP contribution in [0.15, 0.2) is 35.0 Å². The van der Waals surface area contributed by atoms with E-state index in [4.69, 9.17) is 4.74 Å². The van der Waals surface area contributed by atoms with Crippen molar-refractivity contribution in [2.24, 2.45) is 0 Å². The molecule has 1 aromatic carbocycles. The van der Waals surface area contributed by atoms with Crippen LogP contribution in [0.3, 0.4) is 0 Å². The molecule has 2 heterocycles. The fourth-order valence-electron chi connectivity index (χ4n) is 2.15. The van der Waals surface area contributed by atoms with Gasteiger partial charge in [0, 0.05) is 0 Å². The summed E-state index contributed by atoms with van der Waals surface area (Å²) < 4.78 is 5.64. The van der Waals surface area contributed by atoms with Gasteiger partial charge in [-0.25, -0.2) is 0 Å². The van der Waals surface area contributed by atoms with Crippen LogP contribution < -0.4 is 4.74 Å². The van der Waals surface area contributed by atoms with Gasteiger partial charge < -0.3 is 4.74 Å². The minimum absolute atomic E-state index is 0.293. The first-order valence-electron chi connectivity index (χ1n) is 5.76. The van der Waals surface area contributed by atoms with Crippen molar-refractivity contribution in [1.82, 2.24) is 0 Å². The zero-order chi connectivity index (χ0) is 11.7. The topological polar surface area (TPSA) is 9.23 Å². The van der Waals surface area contributed by atoms with E-state index in [-0.39, 0.29) is 0 Å². The Morgan fingerprint density at radius 1 is 1.24 bits per heavy atom. The smallest absolute Gasteiger partial charge is 0.122 e. The summed E-state index contributed by atoms with van der Waals surface area (Å²) >= 11 is 5.50. The zero-order valence-corrected chi connectivity index (χ0v) is 11.8. The Hall–Kier alpha value is -0.800. The van der Waals surface area contributed by atoms with Crippen LogP contribution in [0.25, 0.3) is 0 Å². The lowest BCUT2D eigenvalue weighted by molar-refractivity contribution is 0.288. The second-order valence-corrected chi connectivity index (χ2v) is 5.93. The van der Waals surface area contributed by atoms with E-state index in [0.717, 1.165) is 25.2 Å². The molecule has 2 aromatic rings. The normalized spacial score (nSPS) is 16.1. The number of benzene rings is 1. The van der Waals surface area contributed by atoms with Crippen molar-refractivity contribution >= 4 is 27.3 Å². The lowest BCUT2D eigenvalue weighted by Gasteiger charge is -2.19. The Bertz CT molecular complexity index is 507. The maximum absolute atomic E-state index is 5.64. The Labute approximate surface area is 114 Å². The second-order valence-electron chi connectivity index (χ2n) is 4.24. The molecule has 17 heavy (non-hydrogen) atoms. The molecule has 1 nitrogen and oxygen atoms in total. The molecule has 1 aromatic heterocycles. The van der Waals surface area contributed by atoms with Gasteiger partial charge in [0.2, 0.25) is 0 Å². The van der Waals surface area contributed by atoms with Crippen molar-refractivity contribution in [1.29, 1.82) is 0 Å². The van der Waals surface area contributed by atoms with Gasteiger partial charge in [-0.2, -0.15) is 11.3 Å². The van der Waals surface area contributed by atoms with Crippen LogP contribution in [-0.2, 0) is 6.42 Å². The second kappa shape index (κ2) is 4.83. The highest BCUT2D eigenvalue weighted by Crippen LogP contribution is 2.35. The summed E-state index contributed by atoms with van der Waals surface area (Å²) in [6.45, 7) is 0.856. The largest absolute Gasteiger partial charge is 0.493 e. The summed E-state index contributed by atoms with van der Waals surface area (Å²) in [7, 11) is 0. The zero-order valence-electron chi connectivity index (χ0n) is 9.36. The van der Waals surface area contributed by atoms with Crippen LogP contribution in [-0.4, -0.2) is 6.61 Å². The number of thiophene rings is 1. The van der Waals surface area contributed by atoms with Gasteiger partial charge in [0.25, 0.3) is 0 Å². The predicted molar refractivity (Wildman–Crippen MR) is 75.3 cm³/mol. The Balaban J connectivity index is 1.93. The van der Waals surface area contributed by atoms with Crippen LogP contribution in [0.4, 0.5) is 0 Å². The minimum atomic E-state index is 0.293. The standard InChI is InChI=1S/C14H13BrOS/c15-14(12-5-7-17-9-12)11-3-4-13-10(8-11)2-1-6-16-13/h3-5,7-9,14H,1-2,6H2. The van der Waals surface area contributed by atoms with Gasteiger partial charge >= 0.3 is 0 Å². The SMILES string of the molecule is BrC(c1ccsc1)c1ccc2c(c1)CCCO2. The van der Waals surface area contributed by atoms with Crippen LogP contribution in [0.5, 0.6) is 5.75 Å². The van der Waals surface area contributed by atoms with Crippen molar-refractivity contribution in [3.8, 4) is 5.75 Å². The molecule has 3 heteroatoms. The molecule has 0 amide bonds. The first-order chi connectivity index (χ1) is 8.34. The molecule has 0 fully saturated rings. The van der Waals surface area contributed by atoms with Crippen molar-refractivity contribution in [2.75, 3.05) is 6.61 Å². The van der Waals surface area contributed by atoms with E-state index in [1.807, 2.05) is 0 Å². The maximum atomic E-state index is 5.64. The third kappa shape index (κ3) is 2.26.